The fourth-order valence-electron chi connectivity index (χ4n) is 1.59. The molecular formula is C16H14Cl2N2OS. The number of pyridine rings is 1. The molecule has 0 fully saturated rings. The molecule has 0 unspecified atom stereocenters. The number of nitrogens with zero attached hydrogens (tertiary/aromatic N) is 2. The fraction of sp³-hybridized carbons (Fsp3) is 0.250. The Morgan fingerprint density at radius 3 is 2.64 bits per heavy atom. The van der Waals surface area contributed by atoms with Crippen molar-refractivity contribution in [3.05, 3.63) is 46.1 Å². The van der Waals surface area contributed by atoms with E-state index >= 15 is 0 Å². The zero-order valence-corrected chi connectivity index (χ0v) is 14.5. The highest BCUT2D eigenvalue weighted by atomic mass is 35.5. The van der Waals surface area contributed by atoms with Gasteiger partial charge in [0.2, 0.25) is 0 Å². The van der Waals surface area contributed by atoms with Crippen molar-refractivity contribution in [3.8, 4) is 17.6 Å². The number of rotatable bonds is 5. The van der Waals surface area contributed by atoms with Gasteiger partial charge in [0.1, 0.15) is 11.8 Å². The summed E-state index contributed by atoms with van der Waals surface area (Å²) in [5.41, 5.74) is 0.250. The van der Waals surface area contributed by atoms with Crippen LogP contribution in [0.4, 0.5) is 0 Å². The number of hydrogen-bond acceptors (Lipinski definition) is 4. The summed E-state index contributed by atoms with van der Waals surface area (Å²) in [5.74, 6) is 2.42. The predicted octanol–water partition coefficient (Wildman–Crippen LogP) is 5.80. The molecule has 6 heteroatoms. The normalized spacial score (nSPS) is 10.5. The Morgan fingerprint density at radius 1 is 1.23 bits per heavy atom. The van der Waals surface area contributed by atoms with E-state index in [1.807, 2.05) is 6.07 Å². The van der Waals surface area contributed by atoms with Gasteiger partial charge in [-0.15, -0.1) is 11.8 Å². The number of nitriles is 1. The molecule has 2 aromatic rings. The third kappa shape index (κ3) is 4.54. The summed E-state index contributed by atoms with van der Waals surface area (Å²) < 4.78 is 5.68. The van der Waals surface area contributed by atoms with Gasteiger partial charge in [-0.1, -0.05) is 37.0 Å². The van der Waals surface area contributed by atoms with E-state index in [4.69, 9.17) is 27.9 Å². The number of halogens is 2. The Kier molecular flexibility index (Phi) is 5.96. The van der Waals surface area contributed by atoms with E-state index in [9.17, 15) is 5.26 Å². The lowest BCUT2D eigenvalue weighted by atomic mass is 10.3. The van der Waals surface area contributed by atoms with Crippen LogP contribution in [-0.4, -0.2) is 10.7 Å². The van der Waals surface area contributed by atoms with Crippen molar-refractivity contribution >= 4 is 35.0 Å². The first-order valence-corrected chi connectivity index (χ1v) is 8.40. The van der Waals surface area contributed by atoms with E-state index in [0.717, 1.165) is 10.8 Å². The minimum absolute atomic E-state index is 0.250. The first-order valence-electron chi connectivity index (χ1n) is 6.66. The molecule has 0 aliphatic rings. The Balaban J connectivity index is 2.20. The van der Waals surface area contributed by atoms with Crippen molar-refractivity contribution in [2.45, 2.75) is 18.9 Å². The zero-order valence-electron chi connectivity index (χ0n) is 12.1. The van der Waals surface area contributed by atoms with Gasteiger partial charge in [0.25, 0.3) is 0 Å². The smallest absolute Gasteiger partial charge is 0.184 e. The lowest BCUT2D eigenvalue weighted by Crippen LogP contribution is -1.95. The summed E-state index contributed by atoms with van der Waals surface area (Å²) in [6, 6.07) is 10.6. The maximum atomic E-state index is 9.25. The Bertz CT molecular complexity index is 714. The van der Waals surface area contributed by atoms with Crippen LogP contribution in [-0.2, 0) is 0 Å². The third-order valence-corrected chi connectivity index (χ3v) is 4.72. The second-order valence-corrected chi connectivity index (χ2v) is 6.85. The van der Waals surface area contributed by atoms with Crippen LogP contribution in [0.1, 0.15) is 19.5 Å². The average molecular weight is 353 g/mol. The molecule has 114 valence electrons. The van der Waals surface area contributed by atoms with Crippen molar-refractivity contribution in [1.29, 1.82) is 5.26 Å². The Hall–Kier alpha value is -1.41. The van der Waals surface area contributed by atoms with Crippen LogP contribution < -0.4 is 4.74 Å². The lowest BCUT2D eigenvalue weighted by molar-refractivity contribution is 0.477. The van der Waals surface area contributed by atoms with Crippen LogP contribution in [0, 0.1) is 17.2 Å². The van der Waals surface area contributed by atoms with Crippen LogP contribution in [0.15, 0.2) is 35.4 Å². The van der Waals surface area contributed by atoms with Crippen molar-refractivity contribution in [2.24, 2.45) is 5.92 Å². The summed E-state index contributed by atoms with van der Waals surface area (Å²) in [4.78, 5) is 4.32. The maximum absolute atomic E-state index is 9.25. The van der Waals surface area contributed by atoms with E-state index < -0.39 is 0 Å². The van der Waals surface area contributed by atoms with Crippen LogP contribution >= 0.6 is 35.0 Å². The number of hydrogen-bond donors (Lipinski definition) is 0. The molecule has 0 aliphatic heterocycles. The molecule has 1 aromatic carbocycles. The first kappa shape index (κ1) is 17.0. The van der Waals surface area contributed by atoms with Crippen molar-refractivity contribution in [2.75, 3.05) is 5.75 Å². The molecule has 0 spiro atoms. The molecular weight excluding hydrogens is 339 g/mol. The molecule has 2 rings (SSSR count). The largest absolute Gasteiger partial charge is 0.454 e. The Labute approximate surface area is 144 Å². The van der Waals surface area contributed by atoms with Gasteiger partial charge in [0.05, 0.1) is 15.1 Å². The minimum Gasteiger partial charge on any atom is -0.454 e. The highest BCUT2D eigenvalue weighted by Crippen LogP contribution is 2.31. The number of ether oxygens (including phenoxy) is 1. The first-order chi connectivity index (χ1) is 10.5. The van der Waals surface area contributed by atoms with Crippen molar-refractivity contribution in [1.82, 2.24) is 4.98 Å². The van der Waals surface area contributed by atoms with Crippen LogP contribution in [0.5, 0.6) is 11.5 Å². The molecule has 0 bridgehead atoms. The summed E-state index contributed by atoms with van der Waals surface area (Å²) in [6.07, 6.45) is 0. The molecule has 0 N–H and O–H groups in total. The standard InChI is InChI=1S/C16H14Cl2N2OS/c1-10(2)9-22-16-6-5-15(14(8-19)20-16)21-11-3-4-12(17)13(18)7-11/h3-7,10H,9H2,1-2H3. The maximum Gasteiger partial charge on any atom is 0.184 e. The molecule has 1 heterocycles. The third-order valence-electron chi connectivity index (χ3n) is 2.62. The molecule has 3 nitrogen and oxygen atoms in total. The summed E-state index contributed by atoms with van der Waals surface area (Å²) in [5, 5.41) is 10.9. The van der Waals surface area contributed by atoms with Gasteiger partial charge in [-0.25, -0.2) is 4.98 Å². The quantitative estimate of drug-likeness (QED) is 0.637. The molecule has 0 aliphatic carbocycles. The second kappa shape index (κ2) is 7.73. The summed E-state index contributed by atoms with van der Waals surface area (Å²) in [6.45, 7) is 4.28. The minimum atomic E-state index is 0.250. The second-order valence-electron chi connectivity index (χ2n) is 4.99. The molecule has 0 atom stereocenters. The topological polar surface area (TPSA) is 45.9 Å². The average Bonchev–Trinajstić information content (AvgIpc) is 2.49. The van der Waals surface area contributed by atoms with E-state index in [0.29, 0.717) is 27.5 Å². The number of benzene rings is 1. The van der Waals surface area contributed by atoms with Crippen molar-refractivity contribution < 1.29 is 4.74 Å². The van der Waals surface area contributed by atoms with Crippen molar-refractivity contribution in [3.63, 3.8) is 0 Å². The van der Waals surface area contributed by atoms with E-state index in [1.165, 1.54) is 0 Å². The van der Waals surface area contributed by atoms with Gasteiger partial charge < -0.3 is 4.74 Å². The lowest BCUT2D eigenvalue weighted by Gasteiger charge is -2.09. The fourth-order valence-corrected chi connectivity index (χ4v) is 2.70. The van der Waals surface area contributed by atoms with Gasteiger partial charge in [-0.3, -0.25) is 0 Å². The van der Waals surface area contributed by atoms with Crippen LogP contribution in [0.3, 0.4) is 0 Å². The molecule has 0 saturated carbocycles. The summed E-state index contributed by atoms with van der Waals surface area (Å²) >= 11 is 13.4. The van der Waals surface area contributed by atoms with Gasteiger partial charge in [0.15, 0.2) is 11.4 Å². The molecule has 1 aromatic heterocycles. The van der Waals surface area contributed by atoms with Gasteiger partial charge in [-0.05, 0) is 30.2 Å². The zero-order chi connectivity index (χ0) is 16.1. The highest BCUT2D eigenvalue weighted by molar-refractivity contribution is 7.99. The van der Waals surface area contributed by atoms with E-state index in [2.05, 4.69) is 24.9 Å². The molecule has 0 saturated heterocycles. The van der Waals surface area contributed by atoms with Gasteiger partial charge in [0, 0.05) is 11.8 Å². The monoisotopic (exact) mass is 352 g/mol. The molecule has 22 heavy (non-hydrogen) atoms. The number of thioether (sulfide) groups is 1. The predicted molar refractivity (Wildman–Crippen MR) is 91.1 cm³/mol. The van der Waals surface area contributed by atoms with E-state index in [1.54, 1.807) is 36.0 Å². The number of aromatic nitrogens is 1. The SMILES string of the molecule is CC(C)CSc1ccc(Oc2ccc(Cl)c(Cl)c2)c(C#N)n1. The van der Waals surface area contributed by atoms with E-state index in [-0.39, 0.29) is 5.69 Å². The highest BCUT2D eigenvalue weighted by Gasteiger charge is 2.10. The Morgan fingerprint density at radius 2 is 2.00 bits per heavy atom. The van der Waals surface area contributed by atoms with Crippen LogP contribution in [0.2, 0.25) is 10.0 Å². The summed E-state index contributed by atoms with van der Waals surface area (Å²) in [7, 11) is 0. The molecule has 0 amide bonds. The van der Waals surface area contributed by atoms with Gasteiger partial charge in [-0.2, -0.15) is 5.26 Å². The van der Waals surface area contributed by atoms with Crippen LogP contribution in [0.25, 0.3) is 0 Å². The molecule has 0 radical (unpaired) electrons. The van der Waals surface area contributed by atoms with Gasteiger partial charge >= 0.3 is 0 Å².